The molecule has 0 spiro atoms. The molecule has 0 aliphatic carbocycles. The predicted molar refractivity (Wildman–Crippen MR) is 71.2 cm³/mol. The van der Waals surface area contributed by atoms with Crippen LogP contribution in [0.2, 0.25) is 0 Å². The minimum Gasteiger partial charge on any atom is -0.391 e. The third kappa shape index (κ3) is 5.03. The molecular formula is C11H19NO4S2. The third-order valence-corrected chi connectivity index (χ3v) is 5.40. The molecule has 5 nitrogen and oxygen atoms in total. The zero-order valence-corrected chi connectivity index (χ0v) is 12.0. The van der Waals surface area contributed by atoms with E-state index in [0.29, 0.717) is 18.0 Å². The van der Waals surface area contributed by atoms with Crippen LogP contribution >= 0.6 is 11.3 Å². The Morgan fingerprint density at radius 1 is 1.33 bits per heavy atom. The molecule has 0 saturated heterocycles. The smallest absolute Gasteiger partial charge is 0.250 e. The maximum Gasteiger partial charge on any atom is 0.250 e. The summed E-state index contributed by atoms with van der Waals surface area (Å²) in [5, 5.41) is 8.90. The molecule has 0 bridgehead atoms. The largest absolute Gasteiger partial charge is 0.391 e. The summed E-state index contributed by atoms with van der Waals surface area (Å²) in [6.45, 7) is 1.01. The Kier molecular flexibility index (Phi) is 6.80. The van der Waals surface area contributed by atoms with Gasteiger partial charge in [-0.2, -0.15) is 0 Å². The van der Waals surface area contributed by atoms with Crippen LogP contribution in [0.4, 0.5) is 0 Å². The van der Waals surface area contributed by atoms with Gasteiger partial charge in [-0.15, -0.1) is 11.3 Å². The lowest BCUT2D eigenvalue weighted by Gasteiger charge is -2.04. The Morgan fingerprint density at radius 3 is 2.72 bits per heavy atom. The monoisotopic (exact) mass is 293 g/mol. The molecule has 0 aliphatic rings. The second-order valence-electron chi connectivity index (χ2n) is 3.83. The molecule has 0 unspecified atom stereocenters. The van der Waals surface area contributed by atoms with Gasteiger partial charge in [0.15, 0.2) is 0 Å². The molecule has 104 valence electrons. The van der Waals surface area contributed by atoms with Crippen molar-refractivity contribution in [2.45, 2.75) is 30.1 Å². The van der Waals surface area contributed by atoms with Crippen molar-refractivity contribution < 1.29 is 18.3 Å². The van der Waals surface area contributed by atoms with Crippen LogP contribution < -0.4 is 4.72 Å². The number of hydrogen-bond acceptors (Lipinski definition) is 5. The number of ether oxygens (including phenoxy) is 1. The van der Waals surface area contributed by atoms with Gasteiger partial charge in [-0.1, -0.05) is 0 Å². The summed E-state index contributed by atoms with van der Waals surface area (Å²) in [6.07, 6.45) is 2.66. The molecule has 1 rings (SSSR count). The summed E-state index contributed by atoms with van der Waals surface area (Å²) in [6, 6.07) is 3.14. The first-order chi connectivity index (χ1) is 8.60. The highest BCUT2D eigenvalue weighted by molar-refractivity contribution is 7.91. The highest BCUT2D eigenvalue weighted by Crippen LogP contribution is 2.21. The summed E-state index contributed by atoms with van der Waals surface area (Å²) in [5.74, 6) is 0. The van der Waals surface area contributed by atoms with E-state index in [1.54, 1.807) is 13.2 Å². The summed E-state index contributed by atoms with van der Waals surface area (Å²) >= 11 is 1.09. The van der Waals surface area contributed by atoms with E-state index in [9.17, 15) is 8.42 Å². The summed E-state index contributed by atoms with van der Waals surface area (Å²) in [4.78, 5) is 0.649. The molecule has 0 aromatic carbocycles. The Morgan fingerprint density at radius 2 is 2.11 bits per heavy atom. The predicted octanol–water partition coefficient (Wildman–Crippen LogP) is 1.34. The van der Waals surface area contributed by atoms with Gasteiger partial charge < -0.3 is 9.84 Å². The molecule has 7 heteroatoms. The average Bonchev–Trinajstić information content (AvgIpc) is 2.83. The van der Waals surface area contributed by atoms with Crippen LogP contribution in [0, 0.1) is 0 Å². The second-order valence-corrected chi connectivity index (χ2v) is 6.99. The molecule has 1 heterocycles. The van der Waals surface area contributed by atoms with Crippen LogP contribution in [0.15, 0.2) is 16.3 Å². The van der Waals surface area contributed by atoms with Crippen LogP contribution in [-0.4, -0.2) is 33.8 Å². The van der Waals surface area contributed by atoms with Gasteiger partial charge in [0, 0.05) is 25.1 Å². The van der Waals surface area contributed by atoms with Gasteiger partial charge in [0.25, 0.3) is 0 Å². The van der Waals surface area contributed by atoms with Crippen molar-refractivity contribution in [3.63, 3.8) is 0 Å². The van der Waals surface area contributed by atoms with E-state index in [2.05, 4.69) is 4.72 Å². The molecule has 0 amide bonds. The fourth-order valence-electron chi connectivity index (χ4n) is 1.41. The van der Waals surface area contributed by atoms with Crippen molar-refractivity contribution in [1.29, 1.82) is 0 Å². The van der Waals surface area contributed by atoms with Crippen molar-refractivity contribution in [2.24, 2.45) is 0 Å². The second kappa shape index (κ2) is 7.85. The van der Waals surface area contributed by atoms with Crippen LogP contribution in [0.5, 0.6) is 0 Å². The van der Waals surface area contributed by atoms with Crippen LogP contribution in [0.25, 0.3) is 0 Å². The minimum absolute atomic E-state index is 0.128. The number of sulfonamides is 1. The van der Waals surface area contributed by atoms with Crippen molar-refractivity contribution in [1.82, 2.24) is 4.72 Å². The van der Waals surface area contributed by atoms with Crippen LogP contribution in [0.3, 0.4) is 0 Å². The molecule has 2 N–H and O–H groups in total. The fraction of sp³-hybridized carbons (Fsp3) is 0.636. The molecule has 1 aromatic rings. The Hall–Kier alpha value is -0.470. The average molecular weight is 293 g/mol. The van der Waals surface area contributed by atoms with E-state index in [4.69, 9.17) is 9.84 Å². The normalized spacial score (nSPS) is 11.9. The molecule has 0 radical (unpaired) electrons. The number of hydrogen-bond donors (Lipinski definition) is 2. The van der Waals surface area contributed by atoms with E-state index < -0.39 is 10.0 Å². The van der Waals surface area contributed by atoms with E-state index in [1.807, 2.05) is 0 Å². The van der Waals surface area contributed by atoms with E-state index >= 15 is 0 Å². The lowest BCUT2D eigenvalue weighted by Crippen LogP contribution is -2.24. The van der Waals surface area contributed by atoms with E-state index in [0.717, 1.165) is 30.6 Å². The Balaban J connectivity index is 2.36. The highest BCUT2D eigenvalue weighted by Gasteiger charge is 2.15. The number of thiophene rings is 1. The molecule has 0 fully saturated rings. The van der Waals surface area contributed by atoms with E-state index in [1.165, 1.54) is 6.07 Å². The van der Waals surface area contributed by atoms with Gasteiger partial charge in [0.2, 0.25) is 10.0 Å². The SMILES string of the molecule is COCCCCCNS(=O)(=O)c1ccc(CO)s1. The van der Waals surface area contributed by atoms with Crippen LogP contribution in [-0.2, 0) is 21.4 Å². The summed E-state index contributed by atoms with van der Waals surface area (Å²) in [7, 11) is -1.77. The van der Waals surface area contributed by atoms with Crippen molar-refractivity contribution in [3.05, 3.63) is 17.0 Å². The fourth-order valence-corrected chi connectivity index (χ4v) is 3.75. The first-order valence-electron chi connectivity index (χ1n) is 5.78. The molecule has 18 heavy (non-hydrogen) atoms. The molecule has 1 aromatic heterocycles. The summed E-state index contributed by atoms with van der Waals surface area (Å²) < 4.78 is 31.4. The van der Waals surface area contributed by atoms with Crippen molar-refractivity contribution in [2.75, 3.05) is 20.3 Å². The van der Waals surface area contributed by atoms with Gasteiger partial charge in [0.05, 0.1) is 6.61 Å². The molecular weight excluding hydrogens is 274 g/mol. The zero-order chi connectivity index (χ0) is 13.4. The number of aliphatic hydroxyl groups is 1. The van der Waals surface area contributed by atoms with Gasteiger partial charge in [-0.25, -0.2) is 13.1 Å². The summed E-state index contributed by atoms with van der Waals surface area (Å²) in [5.41, 5.74) is 0. The lowest BCUT2D eigenvalue weighted by atomic mass is 10.2. The first-order valence-corrected chi connectivity index (χ1v) is 8.08. The third-order valence-electron chi connectivity index (χ3n) is 2.38. The number of methoxy groups -OCH3 is 1. The van der Waals surface area contributed by atoms with Gasteiger partial charge >= 0.3 is 0 Å². The quantitative estimate of drug-likeness (QED) is 0.674. The number of nitrogens with one attached hydrogen (secondary N) is 1. The Labute approximate surface area is 112 Å². The maximum absolute atomic E-state index is 11.8. The van der Waals surface area contributed by atoms with Crippen molar-refractivity contribution >= 4 is 21.4 Å². The topological polar surface area (TPSA) is 75.6 Å². The van der Waals surface area contributed by atoms with Gasteiger partial charge in [-0.3, -0.25) is 0 Å². The number of unbranched alkanes of at least 4 members (excludes halogenated alkanes) is 2. The van der Waals surface area contributed by atoms with Gasteiger partial charge in [-0.05, 0) is 31.4 Å². The standard InChI is InChI=1S/C11H19NO4S2/c1-16-8-4-2-3-7-12-18(14,15)11-6-5-10(9-13)17-11/h5-6,12-13H,2-4,7-9H2,1H3. The minimum atomic E-state index is -3.42. The molecule has 0 aliphatic heterocycles. The highest BCUT2D eigenvalue weighted by atomic mass is 32.2. The Bertz CT molecular complexity index is 442. The van der Waals surface area contributed by atoms with E-state index in [-0.39, 0.29) is 10.8 Å². The lowest BCUT2D eigenvalue weighted by molar-refractivity contribution is 0.192. The zero-order valence-electron chi connectivity index (χ0n) is 10.4. The van der Waals surface area contributed by atoms with Gasteiger partial charge in [0.1, 0.15) is 4.21 Å². The van der Waals surface area contributed by atoms with Crippen LogP contribution in [0.1, 0.15) is 24.1 Å². The molecule has 0 atom stereocenters. The molecule has 0 saturated carbocycles. The first kappa shape index (κ1) is 15.6. The number of rotatable bonds is 9. The van der Waals surface area contributed by atoms with Crippen molar-refractivity contribution in [3.8, 4) is 0 Å². The number of aliphatic hydroxyl groups excluding tert-OH is 1. The maximum atomic E-state index is 11.8.